The van der Waals surface area contributed by atoms with Crippen molar-refractivity contribution in [3.05, 3.63) is 96.2 Å². The van der Waals surface area contributed by atoms with E-state index in [0.29, 0.717) is 24.1 Å². The maximum atomic E-state index is 14.7. The molecule has 2 heterocycles. The molecular weight excluding hydrogens is 449 g/mol. The number of hydrogen-bond donors (Lipinski definition) is 1. The zero-order valence-electron chi connectivity index (χ0n) is 19.4. The second kappa shape index (κ2) is 8.09. The van der Waals surface area contributed by atoms with Crippen molar-refractivity contribution in [1.82, 2.24) is 13.7 Å². The van der Waals surface area contributed by atoms with E-state index in [2.05, 4.69) is 5.32 Å². The number of pyridine rings is 1. The molecule has 5 rings (SSSR count). The average Bonchev–Trinajstić information content (AvgIpc) is 3.67. The zero-order chi connectivity index (χ0) is 25.0. The van der Waals surface area contributed by atoms with Gasteiger partial charge in [-0.05, 0) is 68.7 Å². The fourth-order valence-electron chi connectivity index (χ4n) is 4.39. The number of rotatable bonds is 4. The first-order chi connectivity index (χ1) is 16.7. The highest BCUT2D eigenvalue weighted by Gasteiger charge is 2.31. The Morgan fingerprint density at radius 3 is 2.31 bits per heavy atom. The summed E-state index contributed by atoms with van der Waals surface area (Å²) in [5, 5.41) is 12.2. The van der Waals surface area contributed by atoms with Crippen LogP contribution < -0.4 is 22.1 Å². The molecule has 1 N–H and O–H groups in total. The van der Waals surface area contributed by atoms with E-state index in [0.717, 1.165) is 5.56 Å². The first kappa shape index (κ1) is 22.3. The molecule has 35 heavy (non-hydrogen) atoms. The van der Waals surface area contributed by atoms with Crippen LogP contribution >= 0.6 is 0 Å². The van der Waals surface area contributed by atoms with Gasteiger partial charge in [0.15, 0.2) is 0 Å². The highest BCUT2D eigenvalue weighted by atomic mass is 19.1. The molecule has 0 amide bonds. The van der Waals surface area contributed by atoms with Crippen LogP contribution in [-0.2, 0) is 7.05 Å². The van der Waals surface area contributed by atoms with Crippen LogP contribution in [0.4, 0.5) is 15.9 Å². The Morgan fingerprint density at radius 2 is 1.71 bits per heavy atom. The van der Waals surface area contributed by atoms with Gasteiger partial charge in [0.05, 0.1) is 28.5 Å². The molecule has 2 aromatic heterocycles. The zero-order valence-corrected chi connectivity index (χ0v) is 19.4. The summed E-state index contributed by atoms with van der Waals surface area (Å²) in [5.74, 6) is -0.436. The van der Waals surface area contributed by atoms with Gasteiger partial charge in [0, 0.05) is 18.7 Å². The quantitative estimate of drug-likeness (QED) is 0.490. The van der Waals surface area contributed by atoms with Gasteiger partial charge >= 0.3 is 5.69 Å². The maximum Gasteiger partial charge on any atom is 0.336 e. The number of halogens is 1. The van der Waals surface area contributed by atoms with Gasteiger partial charge in [-0.1, -0.05) is 6.07 Å². The van der Waals surface area contributed by atoms with Gasteiger partial charge in [0.2, 0.25) is 0 Å². The molecule has 0 spiro atoms. The molecule has 176 valence electrons. The minimum absolute atomic E-state index is 0.0974. The molecule has 0 bridgehead atoms. The van der Waals surface area contributed by atoms with E-state index in [-0.39, 0.29) is 34.0 Å². The molecule has 1 aliphatic rings. The molecule has 1 aliphatic carbocycles. The van der Waals surface area contributed by atoms with E-state index >= 15 is 0 Å². The molecule has 8 nitrogen and oxygen atoms in total. The van der Waals surface area contributed by atoms with Gasteiger partial charge in [-0.25, -0.2) is 9.18 Å². The monoisotopic (exact) mass is 471 g/mol. The summed E-state index contributed by atoms with van der Waals surface area (Å²) in [6.45, 7) is 3.32. The van der Waals surface area contributed by atoms with Crippen molar-refractivity contribution >= 4 is 22.4 Å². The van der Waals surface area contributed by atoms with Crippen LogP contribution in [0.2, 0.25) is 0 Å². The van der Waals surface area contributed by atoms with Gasteiger partial charge in [0.25, 0.3) is 11.1 Å². The number of anilines is 2. The second-order valence-electron chi connectivity index (χ2n) is 8.85. The van der Waals surface area contributed by atoms with Crippen LogP contribution in [0.15, 0.2) is 56.8 Å². The van der Waals surface area contributed by atoms with Crippen molar-refractivity contribution in [3.63, 3.8) is 0 Å². The number of aryl methyl sites for hydroxylation is 2. The number of benzene rings is 2. The number of fused-ring (bicyclic) bond motifs is 1. The lowest BCUT2D eigenvalue weighted by molar-refractivity contribution is 0.630. The van der Waals surface area contributed by atoms with E-state index in [1.165, 1.54) is 32.9 Å². The lowest BCUT2D eigenvalue weighted by Crippen LogP contribution is -2.41. The smallest absolute Gasteiger partial charge is 0.336 e. The summed E-state index contributed by atoms with van der Waals surface area (Å²) in [5.41, 5.74) is 0.482. The Bertz CT molecular complexity index is 1740. The molecule has 0 radical (unpaired) electrons. The van der Waals surface area contributed by atoms with Gasteiger partial charge in [-0.3, -0.25) is 23.3 Å². The topological polar surface area (TPSA) is 102 Å². The van der Waals surface area contributed by atoms with Crippen LogP contribution in [0.25, 0.3) is 16.6 Å². The molecule has 9 heteroatoms. The van der Waals surface area contributed by atoms with Crippen molar-refractivity contribution < 1.29 is 4.39 Å². The number of nitrogens with one attached hydrogen (secondary N) is 1. The van der Waals surface area contributed by atoms with Gasteiger partial charge < -0.3 is 5.32 Å². The van der Waals surface area contributed by atoms with Gasteiger partial charge in [-0.15, -0.1) is 0 Å². The van der Waals surface area contributed by atoms with Crippen molar-refractivity contribution in [1.29, 1.82) is 5.26 Å². The van der Waals surface area contributed by atoms with Crippen LogP contribution in [-0.4, -0.2) is 13.7 Å². The average molecular weight is 471 g/mol. The summed E-state index contributed by atoms with van der Waals surface area (Å²) in [7, 11) is 1.50. The van der Waals surface area contributed by atoms with Crippen molar-refractivity contribution in [2.45, 2.75) is 32.7 Å². The van der Waals surface area contributed by atoms with Crippen LogP contribution in [0, 0.1) is 31.0 Å². The van der Waals surface area contributed by atoms with Crippen molar-refractivity contribution in [2.75, 3.05) is 5.32 Å². The number of aromatic nitrogens is 3. The summed E-state index contributed by atoms with van der Waals surface area (Å²) in [4.78, 5) is 40.6. The van der Waals surface area contributed by atoms with Crippen LogP contribution in [0.3, 0.4) is 0 Å². The molecule has 0 saturated heterocycles. The first-order valence-electron chi connectivity index (χ1n) is 11.2. The highest BCUT2D eigenvalue weighted by Crippen LogP contribution is 2.34. The molecular formula is C26H22FN5O3. The third-order valence-corrected chi connectivity index (χ3v) is 6.39. The van der Waals surface area contributed by atoms with Crippen LogP contribution in [0.1, 0.15) is 35.6 Å². The lowest BCUT2D eigenvalue weighted by atomic mass is 10.1. The SMILES string of the molecule is Cc1ccc(Nc2c3c(=O)n(C4CC4)c(=O)n(-c4ccc(C#N)cc4)c3c(C)c(=O)n2C)c(F)c1. The standard InChI is InChI=1S/C26H22FN5O3/c1-14-4-11-20(19(27)12-14)29-23-21-22(15(2)24(33)30(23)3)31(17-7-5-16(13-28)6-8-17)26(35)32(25(21)34)18-9-10-18/h4-8,11-12,18,29H,9-10H2,1-3H3. The molecule has 4 aromatic rings. The third-order valence-electron chi connectivity index (χ3n) is 6.39. The van der Waals surface area contributed by atoms with Gasteiger partial charge in [-0.2, -0.15) is 5.26 Å². The molecule has 2 aromatic carbocycles. The van der Waals surface area contributed by atoms with Crippen LogP contribution in [0.5, 0.6) is 0 Å². The predicted molar refractivity (Wildman–Crippen MR) is 131 cm³/mol. The third kappa shape index (κ3) is 3.54. The molecule has 1 fully saturated rings. The van der Waals surface area contributed by atoms with E-state index in [9.17, 15) is 18.8 Å². The second-order valence-corrected chi connectivity index (χ2v) is 8.85. The number of nitriles is 1. The summed E-state index contributed by atoms with van der Waals surface area (Å²) >= 11 is 0. The summed E-state index contributed by atoms with van der Waals surface area (Å²) < 4.78 is 18.5. The predicted octanol–water partition coefficient (Wildman–Crippen LogP) is 3.56. The van der Waals surface area contributed by atoms with Crippen molar-refractivity contribution in [2.24, 2.45) is 7.05 Å². The van der Waals surface area contributed by atoms with Gasteiger partial charge in [0.1, 0.15) is 17.0 Å². The highest BCUT2D eigenvalue weighted by molar-refractivity contribution is 5.93. The van der Waals surface area contributed by atoms with E-state index in [1.54, 1.807) is 44.2 Å². The maximum absolute atomic E-state index is 14.7. The van der Waals surface area contributed by atoms with E-state index in [4.69, 9.17) is 5.26 Å². The Balaban J connectivity index is 1.93. The molecule has 0 atom stereocenters. The Kier molecular flexibility index (Phi) is 5.17. The summed E-state index contributed by atoms with van der Waals surface area (Å²) in [6.07, 6.45) is 1.38. The fourth-order valence-corrected chi connectivity index (χ4v) is 4.39. The largest absolute Gasteiger partial charge is 0.338 e. The normalized spacial score (nSPS) is 13.1. The minimum atomic E-state index is -0.557. The van der Waals surface area contributed by atoms with E-state index < -0.39 is 22.6 Å². The number of hydrogen-bond acceptors (Lipinski definition) is 5. The number of nitrogens with zero attached hydrogens (tertiary/aromatic N) is 4. The van der Waals surface area contributed by atoms with E-state index in [1.807, 2.05) is 6.07 Å². The molecule has 0 unspecified atom stereocenters. The molecule has 1 saturated carbocycles. The summed E-state index contributed by atoms with van der Waals surface area (Å²) in [6, 6.07) is 12.7. The molecule has 0 aliphatic heterocycles. The lowest BCUT2D eigenvalue weighted by Gasteiger charge is -2.20. The first-order valence-corrected chi connectivity index (χ1v) is 11.2. The Labute approximate surface area is 199 Å². The fraction of sp³-hybridized carbons (Fsp3) is 0.231. The Hall–Kier alpha value is -4.45. The Morgan fingerprint density at radius 1 is 1.03 bits per heavy atom. The van der Waals surface area contributed by atoms with Crippen molar-refractivity contribution in [3.8, 4) is 11.8 Å². The minimum Gasteiger partial charge on any atom is -0.338 e.